The minimum atomic E-state index is -0.220. The SMILES string of the molecule is CCN(C(=O)c1cnc(NCCc2ccccc2F)nc1)c1cccc(C)c1. The standard InChI is InChI=1S/C22H23FN4O/c1-3-27(19-9-6-7-16(2)13-19)21(28)18-14-25-22(26-15-18)24-12-11-17-8-4-5-10-20(17)23/h4-10,13-15H,3,11-12H2,1-2H3,(H,24,25,26). The van der Waals surface area contributed by atoms with Crippen molar-refractivity contribution in [1.82, 2.24) is 9.97 Å². The minimum Gasteiger partial charge on any atom is -0.354 e. The maximum atomic E-state index is 13.6. The van der Waals surface area contributed by atoms with E-state index in [1.54, 1.807) is 17.0 Å². The Morgan fingerprint density at radius 1 is 1.11 bits per heavy atom. The van der Waals surface area contributed by atoms with E-state index < -0.39 is 0 Å². The van der Waals surface area contributed by atoms with Gasteiger partial charge in [-0.3, -0.25) is 4.79 Å². The maximum absolute atomic E-state index is 13.6. The quantitative estimate of drug-likeness (QED) is 0.668. The third kappa shape index (κ3) is 4.71. The zero-order valence-electron chi connectivity index (χ0n) is 16.0. The van der Waals surface area contributed by atoms with Gasteiger partial charge in [-0.25, -0.2) is 14.4 Å². The number of hydrogen-bond donors (Lipinski definition) is 1. The summed E-state index contributed by atoms with van der Waals surface area (Å²) in [5.41, 5.74) is 3.00. The fourth-order valence-corrected chi connectivity index (χ4v) is 2.94. The van der Waals surface area contributed by atoms with Crippen LogP contribution in [-0.4, -0.2) is 29.0 Å². The molecule has 0 spiro atoms. The number of benzene rings is 2. The van der Waals surface area contributed by atoms with Crippen LogP contribution in [0.2, 0.25) is 0 Å². The van der Waals surface area contributed by atoms with Crippen molar-refractivity contribution in [3.8, 4) is 0 Å². The lowest BCUT2D eigenvalue weighted by Crippen LogP contribution is -2.30. The molecule has 2 aromatic carbocycles. The molecule has 1 aromatic heterocycles. The molecule has 6 heteroatoms. The molecule has 1 heterocycles. The van der Waals surface area contributed by atoms with Gasteiger partial charge < -0.3 is 10.2 Å². The molecule has 0 atom stereocenters. The lowest BCUT2D eigenvalue weighted by atomic mass is 10.1. The Bertz CT molecular complexity index is 943. The summed E-state index contributed by atoms with van der Waals surface area (Å²) in [6, 6.07) is 14.5. The van der Waals surface area contributed by atoms with Gasteiger partial charge in [-0.1, -0.05) is 30.3 Å². The van der Waals surface area contributed by atoms with Crippen molar-refractivity contribution < 1.29 is 9.18 Å². The number of aryl methyl sites for hydroxylation is 1. The molecule has 0 aliphatic carbocycles. The van der Waals surface area contributed by atoms with Crippen molar-refractivity contribution in [2.75, 3.05) is 23.3 Å². The zero-order chi connectivity index (χ0) is 19.9. The number of nitrogens with one attached hydrogen (secondary N) is 1. The summed E-state index contributed by atoms with van der Waals surface area (Å²) in [6.45, 7) is 4.97. The molecule has 0 aliphatic heterocycles. The molecule has 1 amide bonds. The van der Waals surface area contributed by atoms with Gasteiger partial charge in [-0.2, -0.15) is 0 Å². The van der Waals surface area contributed by atoms with Gasteiger partial charge >= 0.3 is 0 Å². The number of anilines is 2. The van der Waals surface area contributed by atoms with Crippen molar-refractivity contribution in [3.63, 3.8) is 0 Å². The molecule has 3 aromatic rings. The summed E-state index contributed by atoms with van der Waals surface area (Å²) < 4.78 is 13.6. The molecule has 0 fully saturated rings. The summed E-state index contributed by atoms with van der Waals surface area (Å²) in [5, 5.41) is 3.06. The number of nitrogens with zero attached hydrogens (tertiary/aromatic N) is 3. The van der Waals surface area contributed by atoms with Crippen LogP contribution in [0.5, 0.6) is 0 Å². The smallest absolute Gasteiger partial charge is 0.261 e. The van der Waals surface area contributed by atoms with Gasteiger partial charge in [0, 0.05) is 31.2 Å². The molecule has 0 bridgehead atoms. The third-order valence-electron chi connectivity index (χ3n) is 4.41. The highest BCUT2D eigenvalue weighted by molar-refractivity contribution is 6.05. The highest BCUT2D eigenvalue weighted by Gasteiger charge is 2.17. The fraction of sp³-hybridized carbons (Fsp3) is 0.227. The summed E-state index contributed by atoms with van der Waals surface area (Å²) in [5.74, 6) is 0.0412. The predicted molar refractivity (Wildman–Crippen MR) is 109 cm³/mol. The van der Waals surface area contributed by atoms with Crippen LogP contribution in [0, 0.1) is 12.7 Å². The Kier molecular flexibility index (Phi) is 6.32. The topological polar surface area (TPSA) is 58.1 Å². The molecule has 0 radical (unpaired) electrons. The van der Waals surface area contributed by atoms with Gasteiger partial charge in [0.05, 0.1) is 5.56 Å². The van der Waals surface area contributed by atoms with Gasteiger partial charge in [0.15, 0.2) is 0 Å². The summed E-state index contributed by atoms with van der Waals surface area (Å²) in [4.78, 5) is 22.9. The van der Waals surface area contributed by atoms with Crippen LogP contribution >= 0.6 is 0 Å². The molecular weight excluding hydrogens is 355 g/mol. The van der Waals surface area contributed by atoms with Gasteiger partial charge in [-0.05, 0) is 49.6 Å². The Morgan fingerprint density at radius 2 is 1.86 bits per heavy atom. The lowest BCUT2D eigenvalue weighted by Gasteiger charge is -2.21. The molecule has 0 aliphatic rings. The van der Waals surface area contributed by atoms with Crippen molar-refractivity contribution in [2.24, 2.45) is 0 Å². The van der Waals surface area contributed by atoms with E-state index in [1.165, 1.54) is 18.5 Å². The van der Waals surface area contributed by atoms with E-state index in [1.807, 2.05) is 44.2 Å². The number of rotatable bonds is 7. The number of carbonyl (C=O) groups excluding carboxylic acids is 1. The van der Waals surface area contributed by atoms with Crippen molar-refractivity contribution in [3.05, 3.63) is 83.4 Å². The summed E-state index contributed by atoms with van der Waals surface area (Å²) >= 11 is 0. The molecule has 3 rings (SSSR count). The second-order valence-electron chi connectivity index (χ2n) is 6.45. The second kappa shape index (κ2) is 9.08. The monoisotopic (exact) mass is 378 g/mol. The Balaban J connectivity index is 1.63. The van der Waals surface area contributed by atoms with Crippen LogP contribution < -0.4 is 10.2 Å². The molecule has 0 saturated heterocycles. The van der Waals surface area contributed by atoms with Crippen molar-refractivity contribution in [2.45, 2.75) is 20.3 Å². The first-order valence-corrected chi connectivity index (χ1v) is 9.26. The van der Waals surface area contributed by atoms with E-state index >= 15 is 0 Å². The van der Waals surface area contributed by atoms with Gasteiger partial charge in [0.1, 0.15) is 5.82 Å². The maximum Gasteiger partial charge on any atom is 0.261 e. The Morgan fingerprint density at radius 3 is 2.54 bits per heavy atom. The first-order chi connectivity index (χ1) is 13.6. The van der Waals surface area contributed by atoms with Crippen LogP contribution in [-0.2, 0) is 6.42 Å². The Labute approximate surface area is 164 Å². The largest absolute Gasteiger partial charge is 0.354 e. The highest BCUT2D eigenvalue weighted by Crippen LogP contribution is 2.18. The van der Waals surface area contributed by atoms with Crippen molar-refractivity contribution in [1.29, 1.82) is 0 Å². The number of hydrogen-bond acceptors (Lipinski definition) is 4. The second-order valence-corrected chi connectivity index (χ2v) is 6.45. The van der Waals surface area contributed by atoms with Gasteiger partial charge in [-0.15, -0.1) is 0 Å². The van der Waals surface area contributed by atoms with Crippen LogP contribution in [0.4, 0.5) is 16.0 Å². The summed E-state index contributed by atoms with van der Waals surface area (Å²) in [6.07, 6.45) is 3.55. The number of halogens is 1. The first-order valence-electron chi connectivity index (χ1n) is 9.26. The average Bonchev–Trinajstić information content (AvgIpc) is 2.70. The third-order valence-corrected chi connectivity index (χ3v) is 4.41. The molecule has 0 saturated carbocycles. The van der Waals surface area contributed by atoms with E-state index in [4.69, 9.17) is 0 Å². The highest BCUT2D eigenvalue weighted by atomic mass is 19.1. The normalized spacial score (nSPS) is 10.5. The molecule has 5 nitrogen and oxygen atoms in total. The van der Waals surface area contributed by atoms with Gasteiger partial charge in [0.2, 0.25) is 5.95 Å². The van der Waals surface area contributed by atoms with Crippen molar-refractivity contribution >= 4 is 17.5 Å². The first kappa shape index (κ1) is 19.5. The molecule has 28 heavy (non-hydrogen) atoms. The predicted octanol–water partition coefficient (Wildman–Crippen LogP) is 4.25. The van der Waals surface area contributed by atoms with Crippen LogP contribution in [0.3, 0.4) is 0 Å². The lowest BCUT2D eigenvalue weighted by molar-refractivity contribution is 0.0987. The van der Waals surface area contributed by atoms with E-state index in [-0.39, 0.29) is 11.7 Å². The molecule has 144 valence electrons. The Hall–Kier alpha value is -3.28. The minimum absolute atomic E-state index is 0.147. The average molecular weight is 378 g/mol. The molecular formula is C22H23FN4O. The molecule has 0 unspecified atom stereocenters. The summed E-state index contributed by atoms with van der Waals surface area (Å²) in [7, 11) is 0. The number of carbonyl (C=O) groups is 1. The van der Waals surface area contributed by atoms with Crippen LogP contribution in [0.1, 0.15) is 28.4 Å². The zero-order valence-corrected chi connectivity index (χ0v) is 16.0. The van der Waals surface area contributed by atoms with E-state index in [0.717, 1.165) is 11.3 Å². The number of amides is 1. The molecule has 1 N–H and O–H groups in total. The van der Waals surface area contributed by atoms with E-state index in [9.17, 15) is 9.18 Å². The van der Waals surface area contributed by atoms with E-state index in [2.05, 4.69) is 15.3 Å². The van der Waals surface area contributed by atoms with Gasteiger partial charge in [0.25, 0.3) is 5.91 Å². The number of aromatic nitrogens is 2. The van der Waals surface area contributed by atoms with Crippen LogP contribution in [0.15, 0.2) is 60.9 Å². The van der Waals surface area contributed by atoms with Crippen LogP contribution in [0.25, 0.3) is 0 Å². The fourth-order valence-electron chi connectivity index (χ4n) is 2.94. The van der Waals surface area contributed by atoms with E-state index in [0.29, 0.717) is 36.6 Å².